The minimum atomic E-state index is -4.50. The van der Waals surface area contributed by atoms with Gasteiger partial charge in [0.05, 0.1) is 5.56 Å². The number of carbonyl (C=O) groups is 1. The quantitative estimate of drug-likeness (QED) is 0.247. The lowest BCUT2D eigenvalue weighted by atomic mass is 9.88. The molecule has 0 unspecified atom stereocenters. The molecule has 190 valence electrons. The molecule has 0 spiro atoms. The average molecular weight is 523 g/mol. The highest BCUT2D eigenvalue weighted by Gasteiger charge is 2.30. The summed E-state index contributed by atoms with van der Waals surface area (Å²) in [5.74, 6) is 0.0255. The minimum Gasteiger partial charge on any atom is -0.320 e. The molecule has 0 saturated carbocycles. The predicted octanol–water partition coefficient (Wildman–Crippen LogP) is 8.62. The van der Waals surface area contributed by atoms with Gasteiger partial charge in [0, 0.05) is 29.7 Å². The van der Waals surface area contributed by atoms with E-state index in [4.69, 9.17) is 11.6 Å². The molecule has 4 rings (SSSR count). The van der Waals surface area contributed by atoms with Crippen LogP contribution in [0.15, 0.2) is 109 Å². The normalized spacial score (nSPS) is 11.4. The van der Waals surface area contributed by atoms with Gasteiger partial charge in [0.1, 0.15) is 0 Å². The van der Waals surface area contributed by atoms with Crippen LogP contribution in [0.5, 0.6) is 0 Å². The Morgan fingerprint density at radius 1 is 0.811 bits per heavy atom. The summed E-state index contributed by atoms with van der Waals surface area (Å²) in [6.07, 6.45) is -3.90. The van der Waals surface area contributed by atoms with E-state index in [1.165, 1.54) is 12.1 Å². The molecule has 4 aromatic carbocycles. The smallest absolute Gasteiger partial charge is 0.320 e. The van der Waals surface area contributed by atoms with Crippen LogP contribution in [-0.4, -0.2) is 17.5 Å². The van der Waals surface area contributed by atoms with E-state index >= 15 is 0 Å². The maximum absolute atomic E-state index is 13.4. The largest absolute Gasteiger partial charge is 0.416 e. The fourth-order valence-corrected chi connectivity index (χ4v) is 4.44. The maximum atomic E-state index is 13.4. The van der Waals surface area contributed by atoms with Gasteiger partial charge in [-0.2, -0.15) is 13.2 Å². The van der Waals surface area contributed by atoms with Gasteiger partial charge in [0.25, 0.3) is 0 Å². The second-order valence-corrected chi connectivity index (χ2v) is 9.09. The molecule has 0 aliphatic rings. The molecule has 2 amide bonds. The number of hydrogen-bond acceptors (Lipinski definition) is 1. The number of urea groups is 1. The average Bonchev–Trinajstić information content (AvgIpc) is 2.90. The highest BCUT2D eigenvalue weighted by Crippen LogP contribution is 2.31. The third kappa shape index (κ3) is 7.14. The highest BCUT2D eigenvalue weighted by atomic mass is 35.5. The summed E-state index contributed by atoms with van der Waals surface area (Å²) in [5, 5.41) is 3.16. The summed E-state index contributed by atoms with van der Waals surface area (Å²) in [5.41, 5.74) is 2.23. The Morgan fingerprint density at radius 2 is 1.41 bits per heavy atom. The number of amides is 2. The van der Waals surface area contributed by atoms with Crippen molar-refractivity contribution in [1.82, 2.24) is 4.90 Å². The fourth-order valence-electron chi connectivity index (χ4n) is 4.24. The molecule has 3 nitrogen and oxygen atoms in total. The van der Waals surface area contributed by atoms with Crippen molar-refractivity contribution >= 4 is 23.3 Å². The maximum Gasteiger partial charge on any atom is 0.416 e. The molecule has 0 fully saturated rings. The molecule has 1 N–H and O–H groups in total. The molecule has 0 atom stereocenters. The third-order valence-electron chi connectivity index (χ3n) is 6.14. The summed E-state index contributed by atoms with van der Waals surface area (Å²) in [4.78, 5) is 14.9. The van der Waals surface area contributed by atoms with Crippen molar-refractivity contribution in [2.24, 2.45) is 0 Å². The van der Waals surface area contributed by atoms with E-state index in [1.54, 1.807) is 17.0 Å². The van der Waals surface area contributed by atoms with E-state index in [1.807, 2.05) is 48.5 Å². The van der Waals surface area contributed by atoms with Crippen molar-refractivity contribution in [2.45, 2.75) is 25.1 Å². The van der Waals surface area contributed by atoms with Crippen LogP contribution in [-0.2, 0) is 12.7 Å². The number of halogens is 4. The summed E-state index contributed by atoms with van der Waals surface area (Å²) in [6.45, 7) is 0.561. The number of nitrogens with one attached hydrogen (secondary N) is 1. The molecule has 0 heterocycles. The molecule has 0 aliphatic carbocycles. The Labute approximate surface area is 219 Å². The second-order valence-electron chi connectivity index (χ2n) is 8.68. The van der Waals surface area contributed by atoms with Gasteiger partial charge in [-0.1, -0.05) is 96.5 Å². The van der Waals surface area contributed by atoms with Crippen LogP contribution in [0.4, 0.5) is 23.7 Å². The highest BCUT2D eigenvalue weighted by molar-refractivity contribution is 6.31. The first-order valence-electron chi connectivity index (χ1n) is 11.9. The first-order chi connectivity index (χ1) is 17.8. The first kappa shape index (κ1) is 26.3. The van der Waals surface area contributed by atoms with Gasteiger partial charge in [-0.05, 0) is 47.4 Å². The van der Waals surface area contributed by atoms with Crippen molar-refractivity contribution < 1.29 is 18.0 Å². The number of carbonyl (C=O) groups excluding carboxylic acids is 1. The zero-order valence-corrected chi connectivity index (χ0v) is 20.7. The monoisotopic (exact) mass is 522 g/mol. The van der Waals surface area contributed by atoms with Gasteiger partial charge < -0.3 is 10.2 Å². The Bertz CT molecular complexity index is 1270. The zero-order valence-electron chi connectivity index (χ0n) is 20.0. The lowest BCUT2D eigenvalue weighted by molar-refractivity contribution is -0.137. The van der Waals surface area contributed by atoms with Gasteiger partial charge in [-0.25, -0.2) is 4.79 Å². The molecular weight excluding hydrogens is 497 g/mol. The SMILES string of the molecule is O=C(Nc1cccc(C(F)(F)F)c1)N(CCC(c1ccccc1)c1ccccc1)Cc1ccccc1Cl. The Hall–Kier alpha value is -3.77. The van der Waals surface area contributed by atoms with E-state index in [2.05, 4.69) is 29.6 Å². The van der Waals surface area contributed by atoms with Crippen LogP contribution in [0, 0.1) is 0 Å². The molecule has 0 aromatic heterocycles. The Kier molecular flexibility index (Phi) is 8.51. The molecular formula is C30H26ClF3N2O. The predicted molar refractivity (Wildman–Crippen MR) is 142 cm³/mol. The van der Waals surface area contributed by atoms with Gasteiger partial charge in [0.2, 0.25) is 0 Å². The Balaban J connectivity index is 1.59. The topological polar surface area (TPSA) is 32.3 Å². The zero-order chi connectivity index (χ0) is 26.3. The second kappa shape index (κ2) is 12.0. The van der Waals surface area contributed by atoms with Crippen LogP contribution in [0.1, 0.15) is 34.6 Å². The van der Waals surface area contributed by atoms with E-state index in [0.29, 0.717) is 18.0 Å². The van der Waals surface area contributed by atoms with Gasteiger partial charge >= 0.3 is 12.2 Å². The van der Waals surface area contributed by atoms with Crippen molar-refractivity contribution in [3.63, 3.8) is 0 Å². The van der Waals surface area contributed by atoms with Crippen LogP contribution in [0.3, 0.4) is 0 Å². The molecule has 4 aromatic rings. The molecule has 0 saturated heterocycles. The van der Waals surface area contributed by atoms with Gasteiger partial charge in [0.15, 0.2) is 0 Å². The van der Waals surface area contributed by atoms with E-state index in [0.717, 1.165) is 28.8 Å². The van der Waals surface area contributed by atoms with Crippen LogP contribution in [0.2, 0.25) is 5.02 Å². The van der Waals surface area contributed by atoms with Crippen LogP contribution >= 0.6 is 11.6 Å². The Morgan fingerprint density at radius 3 is 2.00 bits per heavy atom. The number of alkyl halides is 3. The summed E-state index contributed by atoms with van der Waals surface area (Å²) in [6, 6.07) is 31.4. The molecule has 0 aliphatic heterocycles. The fraction of sp³-hybridized carbons (Fsp3) is 0.167. The third-order valence-corrected chi connectivity index (χ3v) is 6.51. The van der Waals surface area contributed by atoms with Crippen molar-refractivity contribution in [2.75, 3.05) is 11.9 Å². The number of anilines is 1. The van der Waals surface area contributed by atoms with Gasteiger partial charge in [-0.15, -0.1) is 0 Å². The first-order valence-corrected chi connectivity index (χ1v) is 12.3. The van der Waals surface area contributed by atoms with Crippen LogP contribution < -0.4 is 5.32 Å². The molecule has 37 heavy (non-hydrogen) atoms. The summed E-state index contributed by atoms with van der Waals surface area (Å²) in [7, 11) is 0. The molecule has 0 radical (unpaired) electrons. The van der Waals surface area contributed by atoms with E-state index < -0.39 is 17.8 Å². The van der Waals surface area contributed by atoms with Crippen LogP contribution in [0.25, 0.3) is 0 Å². The molecule has 0 bridgehead atoms. The lowest BCUT2D eigenvalue weighted by Crippen LogP contribution is -2.36. The molecule has 7 heteroatoms. The van der Waals surface area contributed by atoms with Crippen molar-refractivity contribution in [1.29, 1.82) is 0 Å². The number of rotatable bonds is 8. The number of benzene rings is 4. The van der Waals surface area contributed by atoms with E-state index in [9.17, 15) is 18.0 Å². The lowest BCUT2D eigenvalue weighted by Gasteiger charge is -2.27. The standard InChI is InChI=1S/C30H26ClF3N2O/c31-28-17-8-7-14-24(28)21-36(29(37)35-26-16-9-15-25(20-26)30(32,33)34)19-18-27(22-10-3-1-4-11-22)23-12-5-2-6-13-23/h1-17,20,27H,18-19,21H2,(H,35,37). The number of hydrogen-bond donors (Lipinski definition) is 1. The number of nitrogens with zero attached hydrogens (tertiary/aromatic N) is 1. The van der Waals surface area contributed by atoms with Crippen molar-refractivity contribution in [3.05, 3.63) is 136 Å². The van der Waals surface area contributed by atoms with E-state index in [-0.39, 0.29) is 18.2 Å². The summed E-state index contributed by atoms with van der Waals surface area (Å²) >= 11 is 6.38. The van der Waals surface area contributed by atoms with Gasteiger partial charge in [-0.3, -0.25) is 0 Å². The minimum absolute atomic E-state index is 0.0255. The van der Waals surface area contributed by atoms with Crippen molar-refractivity contribution in [3.8, 4) is 0 Å². The summed E-state index contributed by atoms with van der Waals surface area (Å²) < 4.78 is 39.6.